The van der Waals surface area contributed by atoms with Crippen LogP contribution in [0.25, 0.3) is 0 Å². The second kappa shape index (κ2) is 13.0. The Kier molecular flexibility index (Phi) is 10.4. The monoisotopic (exact) mass is 505 g/mol. The van der Waals surface area contributed by atoms with Crippen molar-refractivity contribution < 1.29 is 34.2 Å². The van der Waals surface area contributed by atoms with Crippen LogP contribution in [0.5, 0.6) is 0 Å². The first kappa shape index (κ1) is 28.7. The van der Waals surface area contributed by atoms with Crippen LogP contribution in [0.2, 0.25) is 0 Å². The number of nitrogens with two attached hydrogens (primary N) is 1. The Morgan fingerprint density at radius 1 is 1.00 bits per heavy atom. The van der Waals surface area contributed by atoms with E-state index in [0.29, 0.717) is 6.42 Å². The van der Waals surface area contributed by atoms with Crippen LogP contribution in [-0.4, -0.2) is 87.6 Å². The lowest BCUT2D eigenvalue weighted by atomic mass is 10.0. The molecular formula is C24H35N5O7. The standard InChI is InChI=1S/C24H35N5O7/c1-13(25)20(31)27-17(12-16-8-5-4-6-9-16)22(33)26-14(2)21(32)28-19(15(3)30)23(34)29-11-7-10-18(29)24(35)36/h4-6,8-9,13-15,17-19,30H,7,10-12,25H2,1-3H3,(H,26,33)(H,27,31)(H,28,32)(H,35,36). The lowest BCUT2D eigenvalue weighted by Crippen LogP contribution is -2.60. The van der Waals surface area contributed by atoms with Gasteiger partial charge in [0.05, 0.1) is 12.1 Å². The predicted octanol–water partition coefficient (Wildman–Crippen LogP) is -1.49. The minimum Gasteiger partial charge on any atom is -0.480 e. The maximum atomic E-state index is 13.0. The highest BCUT2D eigenvalue weighted by Crippen LogP contribution is 2.19. The van der Waals surface area contributed by atoms with E-state index in [0.717, 1.165) is 10.5 Å². The van der Waals surface area contributed by atoms with E-state index in [4.69, 9.17) is 5.73 Å². The zero-order valence-corrected chi connectivity index (χ0v) is 20.6. The van der Waals surface area contributed by atoms with Gasteiger partial charge >= 0.3 is 5.97 Å². The number of nitrogens with zero attached hydrogens (tertiary/aromatic N) is 1. The van der Waals surface area contributed by atoms with Crippen molar-refractivity contribution in [2.45, 2.75) is 76.3 Å². The summed E-state index contributed by atoms with van der Waals surface area (Å²) in [6, 6.07) is 3.54. The molecule has 36 heavy (non-hydrogen) atoms. The normalized spacial score (nSPS) is 19.4. The Balaban J connectivity index is 2.08. The van der Waals surface area contributed by atoms with Crippen molar-refractivity contribution in [1.29, 1.82) is 0 Å². The molecule has 1 aliphatic heterocycles. The topological polar surface area (TPSA) is 191 Å². The smallest absolute Gasteiger partial charge is 0.326 e. The van der Waals surface area contributed by atoms with Gasteiger partial charge in [-0.25, -0.2) is 4.79 Å². The third kappa shape index (κ3) is 7.75. The van der Waals surface area contributed by atoms with Crippen LogP contribution in [0.4, 0.5) is 0 Å². The fraction of sp³-hybridized carbons (Fsp3) is 0.542. The molecule has 6 unspecified atom stereocenters. The number of aliphatic carboxylic acids is 1. The molecule has 1 fully saturated rings. The van der Waals surface area contributed by atoms with Crippen LogP contribution in [0.3, 0.4) is 0 Å². The maximum absolute atomic E-state index is 13.0. The Morgan fingerprint density at radius 3 is 2.19 bits per heavy atom. The van der Waals surface area contributed by atoms with Crippen molar-refractivity contribution in [3.63, 3.8) is 0 Å². The minimum absolute atomic E-state index is 0.153. The van der Waals surface area contributed by atoms with Crippen LogP contribution in [0, 0.1) is 0 Å². The molecule has 1 aliphatic rings. The molecule has 4 amide bonds. The summed E-state index contributed by atoms with van der Waals surface area (Å²) in [6.45, 7) is 4.37. The number of benzene rings is 1. The molecule has 1 aromatic rings. The van der Waals surface area contributed by atoms with Crippen molar-refractivity contribution in [1.82, 2.24) is 20.9 Å². The zero-order valence-electron chi connectivity index (χ0n) is 20.6. The van der Waals surface area contributed by atoms with Gasteiger partial charge in [-0.15, -0.1) is 0 Å². The molecule has 6 atom stereocenters. The molecular weight excluding hydrogens is 470 g/mol. The molecule has 0 spiro atoms. The van der Waals surface area contributed by atoms with Crippen molar-refractivity contribution in [3.8, 4) is 0 Å². The third-order valence-electron chi connectivity index (χ3n) is 5.95. The first-order valence-corrected chi connectivity index (χ1v) is 11.8. The second-order valence-corrected chi connectivity index (χ2v) is 9.02. The lowest BCUT2D eigenvalue weighted by Gasteiger charge is -2.29. The average Bonchev–Trinajstić information content (AvgIpc) is 3.32. The number of carbonyl (C=O) groups excluding carboxylic acids is 4. The molecule has 2 rings (SSSR count). The molecule has 0 saturated carbocycles. The quantitative estimate of drug-likeness (QED) is 0.209. The molecule has 0 radical (unpaired) electrons. The van der Waals surface area contributed by atoms with E-state index in [1.165, 1.54) is 20.8 Å². The van der Waals surface area contributed by atoms with Gasteiger partial charge in [-0.2, -0.15) is 0 Å². The maximum Gasteiger partial charge on any atom is 0.326 e. The summed E-state index contributed by atoms with van der Waals surface area (Å²) < 4.78 is 0. The predicted molar refractivity (Wildman–Crippen MR) is 129 cm³/mol. The molecule has 0 bridgehead atoms. The number of aliphatic hydroxyl groups is 1. The molecule has 0 aromatic heterocycles. The van der Waals surface area contributed by atoms with E-state index in [1.807, 2.05) is 6.07 Å². The van der Waals surface area contributed by atoms with Crippen LogP contribution in [0.15, 0.2) is 30.3 Å². The van der Waals surface area contributed by atoms with Crippen molar-refractivity contribution in [3.05, 3.63) is 35.9 Å². The Morgan fingerprint density at radius 2 is 1.64 bits per heavy atom. The van der Waals surface area contributed by atoms with Gasteiger partial charge in [-0.1, -0.05) is 30.3 Å². The van der Waals surface area contributed by atoms with Crippen LogP contribution in [0.1, 0.15) is 39.2 Å². The van der Waals surface area contributed by atoms with Gasteiger partial charge in [0, 0.05) is 13.0 Å². The number of nitrogens with one attached hydrogen (secondary N) is 3. The number of hydrogen-bond acceptors (Lipinski definition) is 7. The van der Waals surface area contributed by atoms with Gasteiger partial charge in [0.1, 0.15) is 24.2 Å². The second-order valence-electron chi connectivity index (χ2n) is 9.02. The Bertz CT molecular complexity index is 953. The number of rotatable bonds is 11. The summed E-state index contributed by atoms with van der Waals surface area (Å²) in [4.78, 5) is 63.4. The van der Waals surface area contributed by atoms with E-state index >= 15 is 0 Å². The summed E-state index contributed by atoms with van der Waals surface area (Å²) >= 11 is 0. The number of carboxylic acids is 1. The van der Waals surface area contributed by atoms with Crippen molar-refractivity contribution in [2.75, 3.05) is 6.54 Å². The highest BCUT2D eigenvalue weighted by molar-refractivity contribution is 5.95. The number of carbonyl (C=O) groups is 5. The summed E-state index contributed by atoms with van der Waals surface area (Å²) in [5.41, 5.74) is 6.39. The first-order chi connectivity index (χ1) is 16.9. The summed E-state index contributed by atoms with van der Waals surface area (Å²) in [5.74, 6) is -3.81. The number of carboxylic acid groups (broad SMARTS) is 1. The van der Waals surface area contributed by atoms with Crippen LogP contribution >= 0.6 is 0 Å². The summed E-state index contributed by atoms with van der Waals surface area (Å²) in [6.07, 6.45) is -0.384. The SMILES string of the molecule is CC(N)C(=O)NC(Cc1ccccc1)C(=O)NC(C)C(=O)NC(C(=O)N1CCCC1C(=O)O)C(C)O. The molecule has 198 valence electrons. The molecule has 0 aliphatic carbocycles. The van der Waals surface area contributed by atoms with E-state index < -0.39 is 65.9 Å². The van der Waals surface area contributed by atoms with Crippen molar-refractivity contribution in [2.24, 2.45) is 5.73 Å². The fourth-order valence-electron chi connectivity index (χ4n) is 3.87. The van der Waals surface area contributed by atoms with Crippen LogP contribution in [-0.2, 0) is 30.4 Å². The van der Waals surface area contributed by atoms with E-state index in [2.05, 4.69) is 16.0 Å². The number of amides is 4. The molecule has 12 nitrogen and oxygen atoms in total. The van der Waals surface area contributed by atoms with E-state index in [1.54, 1.807) is 24.3 Å². The third-order valence-corrected chi connectivity index (χ3v) is 5.95. The molecule has 1 aromatic carbocycles. The summed E-state index contributed by atoms with van der Waals surface area (Å²) in [5, 5.41) is 27.0. The van der Waals surface area contributed by atoms with Crippen molar-refractivity contribution >= 4 is 29.6 Å². The van der Waals surface area contributed by atoms with Gasteiger partial charge < -0.3 is 36.8 Å². The average molecular weight is 506 g/mol. The summed E-state index contributed by atoms with van der Waals surface area (Å²) in [7, 11) is 0. The molecule has 7 N–H and O–H groups in total. The van der Waals surface area contributed by atoms with Gasteiger partial charge in [0.2, 0.25) is 23.6 Å². The Labute approximate surface area is 209 Å². The number of likely N-dealkylation sites (tertiary alicyclic amines) is 1. The minimum atomic E-state index is -1.39. The number of aliphatic hydroxyl groups excluding tert-OH is 1. The highest BCUT2D eigenvalue weighted by atomic mass is 16.4. The molecule has 1 heterocycles. The fourth-order valence-corrected chi connectivity index (χ4v) is 3.87. The zero-order chi connectivity index (χ0) is 27.0. The first-order valence-electron chi connectivity index (χ1n) is 11.8. The van der Waals surface area contributed by atoms with Gasteiger partial charge in [-0.3, -0.25) is 19.2 Å². The van der Waals surface area contributed by atoms with Crippen LogP contribution < -0.4 is 21.7 Å². The number of hydrogen-bond donors (Lipinski definition) is 6. The van der Waals surface area contributed by atoms with E-state index in [-0.39, 0.29) is 19.4 Å². The lowest BCUT2D eigenvalue weighted by molar-refractivity contribution is -0.150. The Hall–Kier alpha value is -3.51. The van der Waals surface area contributed by atoms with Gasteiger partial charge in [0.25, 0.3) is 0 Å². The molecule has 12 heteroatoms. The van der Waals surface area contributed by atoms with E-state index in [9.17, 15) is 34.2 Å². The van der Waals surface area contributed by atoms with Gasteiger partial charge in [0.15, 0.2) is 0 Å². The highest BCUT2D eigenvalue weighted by Gasteiger charge is 2.39. The molecule has 1 saturated heterocycles. The van der Waals surface area contributed by atoms with Gasteiger partial charge in [-0.05, 0) is 39.2 Å². The largest absolute Gasteiger partial charge is 0.480 e.